The van der Waals surface area contributed by atoms with Gasteiger partial charge < -0.3 is 17.3 Å². The van der Waals surface area contributed by atoms with Gasteiger partial charge in [0, 0.05) is 4.90 Å². The van der Waals surface area contributed by atoms with E-state index in [4.69, 9.17) is 34.8 Å². The lowest BCUT2D eigenvalue weighted by molar-refractivity contribution is 0.925. The Balaban J connectivity index is 3.89. The second-order valence-electron chi connectivity index (χ2n) is 2.82. The van der Waals surface area contributed by atoms with Crippen LogP contribution in [-0.4, -0.2) is 15.9 Å². The Morgan fingerprint density at radius 1 is 1.62 bits per heavy atom. The van der Waals surface area contributed by atoms with E-state index in [1.54, 1.807) is 12.3 Å². The highest BCUT2D eigenvalue weighted by molar-refractivity contribution is 7.98. The predicted octanol–water partition coefficient (Wildman–Crippen LogP) is -0.628. The Morgan fingerprint density at radius 2 is 2.19 bits per heavy atom. The molecule has 0 radical (unpaired) electrons. The van der Waals surface area contributed by atoms with Gasteiger partial charge in [0.2, 0.25) is 0 Å². The summed E-state index contributed by atoms with van der Waals surface area (Å²) in [6, 6.07) is 1.77. The largest absolute Gasteiger partial charge is 0.389 e. The average Bonchev–Trinajstić information content (AvgIpc) is 2.24. The molecule has 1 rings (SSSR count). The normalized spacial score (nSPS) is 9.75. The predicted molar refractivity (Wildman–Crippen MR) is 67.6 cm³/mol. The molecule has 0 saturated heterocycles. The van der Waals surface area contributed by atoms with Crippen molar-refractivity contribution in [2.45, 2.75) is 4.90 Å². The van der Waals surface area contributed by atoms with E-state index in [1.807, 2.05) is 0 Å². The Kier molecular flexibility index (Phi) is 3.41. The zero-order valence-corrected chi connectivity index (χ0v) is 9.98. The number of pyridine rings is 1. The number of anilines is 1. The molecule has 0 saturated carbocycles. The van der Waals surface area contributed by atoms with Crippen LogP contribution in [0.5, 0.6) is 0 Å². The van der Waals surface area contributed by atoms with Crippen LogP contribution in [0.4, 0.5) is 5.82 Å². The van der Waals surface area contributed by atoms with Crippen molar-refractivity contribution in [3.63, 3.8) is 0 Å². The van der Waals surface area contributed by atoms with Crippen molar-refractivity contribution in [3.8, 4) is 6.07 Å². The van der Waals surface area contributed by atoms with E-state index >= 15 is 0 Å². The minimum atomic E-state index is -0.663. The van der Waals surface area contributed by atoms with Crippen LogP contribution in [0.15, 0.2) is 9.69 Å². The number of nitrogens with two attached hydrogens (primary N) is 3. The van der Waals surface area contributed by atoms with Crippen molar-refractivity contribution in [1.29, 1.82) is 5.26 Å². The van der Waals surface area contributed by atoms with Crippen LogP contribution < -0.4 is 22.9 Å². The van der Waals surface area contributed by atoms with Crippen LogP contribution in [0.2, 0.25) is 0 Å². The molecule has 0 aromatic carbocycles. The monoisotopic (exact) mass is 255 g/mol. The number of thiocarbonyl (C=S) groups is 1. The third-order valence-electron chi connectivity index (χ3n) is 1.96. The number of rotatable bonds is 2. The minimum Gasteiger partial charge on any atom is -0.389 e. The van der Waals surface area contributed by atoms with Crippen LogP contribution >= 0.6 is 24.0 Å². The summed E-state index contributed by atoms with van der Waals surface area (Å²) in [4.78, 5) is 12.0. The Bertz CT molecular complexity index is 557. The van der Waals surface area contributed by atoms with Crippen LogP contribution in [-0.2, 0) is 0 Å². The molecule has 0 spiro atoms. The van der Waals surface area contributed by atoms with Gasteiger partial charge in [-0.25, -0.2) is 4.68 Å². The molecule has 16 heavy (non-hydrogen) atoms. The maximum atomic E-state index is 11.6. The third kappa shape index (κ3) is 1.70. The first kappa shape index (κ1) is 12.4. The van der Waals surface area contributed by atoms with Crippen molar-refractivity contribution in [2.75, 3.05) is 17.8 Å². The molecule has 0 bridgehead atoms. The lowest BCUT2D eigenvalue weighted by Crippen LogP contribution is -2.34. The Labute approximate surface area is 101 Å². The van der Waals surface area contributed by atoms with Crippen molar-refractivity contribution in [2.24, 2.45) is 5.73 Å². The first-order chi connectivity index (χ1) is 7.45. The molecule has 8 heteroatoms. The number of thioether (sulfide) groups is 1. The highest BCUT2D eigenvalue weighted by atomic mass is 32.2. The molecule has 0 amide bonds. The van der Waals surface area contributed by atoms with Gasteiger partial charge in [0.05, 0.1) is 5.56 Å². The van der Waals surface area contributed by atoms with E-state index < -0.39 is 5.56 Å². The number of nitrogens with zero attached hydrogens (tertiary/aromatic N) is 2. The zero-order chi connectivity index (χ0) is 12.5. The molecule has 0 aliphatic carbocycles. The standard InChI is InChI=1S/C8H9N5OS2/c1-16-5-3(2-9)8(14)13(12)6(10)4(5)7(11)15/h10,12H2,1H3,(H2,11,15). The topological polar surface area (TPSA) is 124 Å². The van der Waals surface area contributed by atoms with Gasteiger partial charge in [0.1, 0.15) is 22.4 Å². The van der Waals surface area contributed by atoms with E-state index in [9.17, 15) is 4.79 Å². The summed E-state index contributed by atoms with van der Waals surface area (Å²) in [5.74, 6) is 5.38. The second kappa shape index (κ2) is 4.42. The quantitative estimate of drug-likeness (QED) is 0.365. The number of nitriles is 1. The van der Waals surface area contributed by atoms with E-state index in [0.29, 0.717) is 9.57 Å². The number of aromatic nitrogens is 1. The molecule has 1 heterocycles. The zero-order valence-electron chi connectivity index (χ0n) is 8.35. The highest BCUT2D eigenvalue weighted by Crippen LogP contribution is 2.26. The maximum Gasteiger partial charge on any atom is 0.289 e. The number of hydrogen-bond acceptors (Lipinski definition) is 6. The Hall–Kier alpha value is -1.72. The van der Waals surface area contributed by atoms with Gasteiger partial charge in [-0.1, -0.05) is 12.2 Å². The fourth-order valence-electron chi connectivity index (χ4n) is 1.23. The van der Waals surface area contributed by atoms with Gasteiger partial charge in [0.15, 0.2) is 0 Å². The van der Waals surface area contributed by atoms with Crippen molar-refractivity contribution < 1.29 is 0 Å². The summed E-state index contributed by atoms with van der Waals surface area (Å²) in [6.45, 7) is 0. The van der Waals surface area contributed by atoms with Crippen molar-refractivity contribution in [3.05, 3.63) is 21.5 Å². The molecule has 0 fully saturated rings. The number of hydrogen-bond donors (Lipinski definition) is 3. The first-order valence-corrected chi connectivity index (χ1v) is 5.66. The summed E-state index contributed by atoms with van der Waals surface area (Å²) in [7, 11) is 0. The summed E-state index contributed by atoms with van der Waals surface area (Å²) >= 11 is 5.99. The molecular formula is C8H9N5OS2. The number of nitrogen functional groups attached to an aromatic ring is 2. The maximum absolute atomic E-state index is 11.6. The van der Waals surface area contributed by atoms with Crippen LogP contribution in [0.25, 0.3) is 0 Å². The molecule has 84 valence electrons. The summed E-state index contributed by atoms with van der Waals surface area (Å²) in [5.41, 5.74) is 10.6. The molecule has 1 aromatic heterocycles. The van der Waals surface area contributed by atoms with E-state index in [2.05, 4.69) is 0 Å². The average molecular weight is 255 g/mol. The first-order valence-electron chi connectivity index (χ1n) is 4.03. The van der Waals surface area contributed by atoms with Gasteiger partial charge in [-0.15, -0.1) is 11.8 Å². The third-order valence-corrected chi connectivity index (χ3v) is 2.99. The van der Waals surface area contributed by atoms with Crippen LogP contribution in [0.3, 0.4) is 0 Å². The minimum absolute atomic E-state index is 0.00227. The summed E-state index contributed by atoms with van der Waals surface area (Å²) in [5, 5.41) is 8.89. The van der Waals surface area contributed by atoms with E-state index in [-0.39, 0.29) is 21.9 Å². The van der Waals surface area contributed by atoms with E-state index in [0.717, 1.165) is 0 Å². The highest BCUT2D eigenvalue weighted by Gasteiger charge is 2.20. The molecule has 6 nitrogen and oxygen atoms in total. The van der Waals surface area contributed by atoms with Gasteiger partial charge in [-0.3, -0.25) is 4.79 Å². The second-order valence-corrected chi connectivity index (χ2v) is 4.08. The summed E-state index contributed by atoms with van der Waals surface area (Å²) < 4.78 is 0.673. The smallest absolute Gasteiger partial charge is 0.289 e. The summed E-state index contributed by atoms with van der Waals surface area (Å²) in [6.07, 6.45) is 1.69. The lowest BCUT2D eigenvalue weighted by atomic mass is 10.2. The van der Waals surface area contributed by atoms with Crippen LogP contribution in [0, 0.1) is 11.3 Å². The van der Waals surface area contributed by atoms with Gasteiger partial charge in [-0.05, 0) is 6.26 Å². The van der Waals surface area contributed by atoms with Crippen molar-refractivity contribution in [1.82, 2.24) is 4.68 Å². The molecule has 0 atom stereocenters. The van der Waals surface area contributed by atoms with Gasteiger partial charge in [0.25, 0.3) is 5.56 Å². The molecule has 6 N–H and O–H groups in total. The van der Waals surface area contributed by atoms with Crippen LogP contribution in [0.1, 0.15) is 11.1 Å². The fourth-order valence-corrected chi connectivity index (χ4v) is 2.26. The van der Waals surface area contributed by atoms with Crippen molar-refractivity contribution >= 4 is 34.8 Å². The molecule has 0 unspecified atom stereocenters. The lowest BCUT2D eigenvalue weighted by Gasteiger charge is -2.13. The van der Waals surface area contributed by atoms with Gasteiger partial charge >= 0.3 is 0 Å². The van der Waals surface area contributed by atoms with E-state index in [1.165, 1.54) is 11.8 Å². The molecule has 0 aliphatic rings. The SMILES string of the molecule is CSc1c(C(N)=S)c(N)n(N)c(=O)c1C#N. The van der Waals surface area contributed by atoms with Gasteiger partial charge in [-0.2, -0.15) is 5.26 Å². The fraction of sp³-hybridized carbons (Fsp3) is 0.125. The Morgan fingerprint density at radius 3 is 2.56 bits per heavy atom. The molecule has 1 aromatic rings. The molecular weight excluding hydrogens is 246 g/mol. The molecule has 0 aliphatic heterocycles.